The number of thioether (sulfide) groups is 4. The Morgan fingerprint density at radius 2 is 0.643 bits per heavy atom. The fourth-order valence-corrected chi connectivity index (χ4v) is 11.7. The molecule has 0 aliphatic carbocycles. The first-order chi connectivity index (χ1) is 47.0. The van der Waals surface area contributed by atoms with Crippen LogP contribution in [0.15, 0.2) is 162 Å². The first kappa shape index (κ1) is 70.5. The summed E-state index contributed by atoms with van der Waals surface area (Å²) in [7, 11) is 5.80. The number of nitrogens with two attached hydrogens (primary N) is 2. The van der Waals surface area contributed by atoms with E-state index in [0.29, 0.717) is 93.6 Å². The molecule has 4 unspecified atom stereocenters. The Morgan fingerprint density at radius 3 is 0.857 bits per heavy atom. The number of carbonyl (C=O) groups excluding carboxylic acids is 4. The molecular formula is C62H56N20O12S4. The number of nitrogens with one attached hydrogen (secondary N) is 4. The van der Waals surface area contributed by atoms with E-state index < -0.39 is 44.8 Å². The molecule has 12 rings (SSSR count). The zero-order valence-corrected chi connectivity index (χ0v) is 56.1. The maximum Gasteiger partial charge on any atom is 0.318 e. The number of ether oxygens (including phenoxy) is 4. The summed E-state index contributed by atoms with van der Waals surface area (Å²) in [5.74, 6) is -0.346. The second-order valence-corrected chi connectivity index (χ2v) is 25.6. The average Bonchev–Trinajstić information content (AvgIpc) is 1.63. The van der Waals surface area contributed by atoms with Crippen LogP contribution < -0.4 is 43.2 Å². The van der Waals surface area contributed by atoms with Crippen LogP contribution in [0.5, 0.6) is 11.5 Å². The summed E-state index contributed by atoms with van der Waals surface area (Å²) < 4.78 is 25.8. The number of hydrogen-bond acceptors (Lipinski definition) is 26. The van der Waals surface area contributed by atoms with Crippen LogP contribution in [0, 0.1) is 22.7 Å². The van der Waals surface area contributed by atoms with E-state index in [-0.39, 0.29) is 27.4 Å². The SMILES string of the molecule is CC(Sc1nc2c(cnn2-c2ccc(C#N)cc2)c(=O)[nH]1)C(N)=O.COC(=O)C(C)Sc1nc2c(cnn2-c2ccc(C#N)cc2)c(=O)[nH]1.COC(=O)C(C)Sc1nc2c(cnn2-c2ccc(OC)cc2)c(=O)[nH]1.COc1ccc(-n2ncc3c(=O)[nH]c(SC(C)C(N)=O)nc32)cc1. The lowest BCUT2D eigenvalue weighted by Crippen LogP contribution is -2.23. The first-order valence-electron chi connectivity index (χ1n) is 28.7. The van der Waals surface area contributed by atoms with E-state index in [1.807, 2.05) is 36.4 Å². The van der Waals surface area contributed by atoms with E-state index in [0.717, 1.165) is 58.4 Å². The van der Waals surface area contributed by atoms with Gasteiger partial charge in [-0.15, -0.1) is 0 Å². The normalized spacial score (nSPS) is 12.1. The number of carbonyl (C=O) groups is 4. The van der Waals surface area contributed by atoms with Crippen LogP contribution in [0.3, 0.4) is 0 Å². The number of hydrogen-bond donors (Lipinski definition) is 6. The van der Waals surface area contributed by atoms with Crippen molar-refractivity contribution in [2.45, 2.75) is 69.3 Å². The lowest BCUT2D eigenvalue weighted by molar-refractivity contribution is -0.140. The number of aromatic nitrogens is 16. The molecule has 98 heavy (non-hydrogen) atoms. The molecule has 32 nitrogen and oxygen atoms in total. The van der Waals surface area contributed by atoms with E-state index in [4.69, 9.17) is 36.2 Å². The Morgan fingerprint density at radius 1 is 0.408 bits per heavy atom. The van der Waals surface area contributed by atoms with Crippen LogP contribution in [0.2, 0.25) is 0 Å². The molecule has 4 atom stereocenters. The Hall–Kier alpha value is -11.9. The molecule has 0 radical (unpaired) electrons. The van der Waals surface area contributed by atoms with Gasteiger partial charge in [0.25, 0.3) is 22.2 Å². The highest BCUT2D eigenvalue weighted by atomic mass is 32.2. The summed E-state index contributed by atoms with van der Waals surface area (Å²) in [6.07, 6.45) is 5.77. The topological polar surface area (TPSA) is 459 Å². The summed E-state index contributed by atoms with van der Waals surface area (Å²) in [5.41, 5.74) is 14.6. The molecule has 0 bridgehead atoms. The largest absolute Gasteiger partial charge is 0.497 e. The van der Waals surface area contributed by atoms with Gasteiger partial charge in [-0.05, 0) is 125 Å². The van der Waals surface area contributed by atoms with E-state index in [1.165, 1.54) is 48.4 Å². The maximum atomic E-state index is 12.3. The van der Waals surface area contributed by atoms with Gasteiger partial charge >= 0.3 is 11.9 Å². The Labute approximate surface area is 569 Å². The van der Waals surface area contributed by atoms with Gasteiger partial charge in [0.15, 0.2) is 43.2 Å². The van der Waals surface area contributed by atoms with E-state index in [2.05, 4.69) is 65.0 Å². The number of amides is 2. The van der Waals surface area contributed by atoms with Gasteiger partial charge in [0.1, 0.15) is 43.5 Å². The monoisotopic (exact) mass is 1400 g/mol. The molecule has 4 aromatic carbocycles. The molecule has 0 aliphatic rings. The standard InChI is InChI=1S/C16H13N5O3S.C16H16N4O4S.C15H12N6O2S.C15H15N5O3S/c1-9(15(23)24-2)25-16-19-13-12(14(22)20-16)8-18-21(13)11-5-3-10(7-17)4-6-11;1-9(15(22)24-3)25-16-18-13-12(14(21)19-16)8-17-20(13)10-4-6-11(23-2)7-5-10;1-8(12(17)22)24-15-19-13-11(14(23)20-15)7-18-21(13)10-4-2-9(6-16)3-5-10;1-8(12(16)21)24-15-18-13-11(14(22)19-15)7-17-20(13)9-3-5-10(23-2)6-4-9/h3-6,8-9H,1-2H3,(H,19,20,22);4-9H,1-3H3,(H,18,19,21);2-5,7-8H,1H3,(H2,17,22)(H,19,20,23);3-8H,1-2H3,(H2,16,21)(H,18,19,22). The Balaban J connectivity index is 0.000000153. The van der Waals surface area contributed by atoms with E-state index >= 15 is 0 Å². The Kier molecular flexibility index (Phi) is 22.7. The summed E-state index contributed by atoms with van der Waals surface area (Å²) in [4.78, 5) is 123. The summed E-state index contributed by atoms with van der Waals surface area (Å²) in [6.45, 7) is 6.63. The van der Waals surface area contributed by atoms with Crippen molar-refractivity contribution in [3.63, 3.8) is 0 Å². The van der Waals surface area contributed by atoms with Gasteiger partial charge in [0, 0.05) is 0 Å². The molecule has 12 aromatic rings. The van der Waals surface area contributed by atoms with Crippen LogP contribution in [0.4, 0.5) is 0 Å². The van der Waals surface area contributed by atoms with Crippen LogP contribution in [-0.2, 0) is 28.7 Å². The van der Waals surface area contributed by atoms with Gasteiger partial charge in [0.05, 0.1) is 110 Å². The highest BCUT2D eigenvalue weighted by Crippen LogP contribution is 2.27. The third-order valence-electron chi connectivity index (χ3n) is 13.8. The van der Waals surface area contributed by atoms with Crippen molar-refractivity contribution in [3.05, 3.63) is 174 Å². The fraction of sp³-hybridized carbons (Fsp3) is 0.194. The van der Waals surface area contributed by atoms with E-state index in [9.17, 15) is 38.4 Å². The lowest BCUT2D eigenvalue weighted by Gasteiger charge is -2.08. The smallest absolute Gasteiger partial charge is 0.318 e. The number of aromatic amines is 4. The predicted molar refractivity (Wildman–Crippen MR) is 364 cm³/mol. The van der Waals surface area contributed by atoms with Gasteiger partial charge in [-0.3, -0.25) is 38.4 Å². The van der Waals surface area contributed by atoms with Gasteiger partial charge in [-0.2, -0.15) is 30.9 Å². The quantitative estimate of drug-likeness (QED) is 0.0354. The van der Waals surface area contributed by atoms with Crippen molar-refractivity contribution >= 4 is 115 Å². The molecule has 0 spiro atoms. The number of fused-ring (bicyclic) bond motifs is 4. The fourth-order valence-electron chi connectivity index (χ4n) is 8.59. The minimum Gasteiger partial charge on any atom is -0.497 e. The zero-order chi connectivity index (χ0) is 70.5. The molecular weight excluding hydrogens is 1350 g/mol. The van der Waals surface area contributed by atoms with Crippen molar-refractivity contribution in [2.24, 2.45) is 11.5 Å². The van der Waals surface area contributed by atoms with Crippen molar-refractivity contribution in [3.8, 4) is 46.4 Å². The minimum atomic E-state index is -0.531. The second-order valence-electron chi connectivity index (χ2n) is 20.3. The van der Waals surface area contributed by atoms with Gasteiger partial charge in [-0.25, -0.2) is 38.7 Å². The molecule has 8 heterocycles. The zero-order valence-electron chi connectivity index (χ0n) is 52.8. The van der Waals surface area contributed by atoms with Gasteiger partial charge in [-0.1, -0.05) is 47.0 Å². The third-order valence-corrected chi connectivity index (χ3v) is 17.7. The van der Waals surface area contributed by atoms with Crippen LogP contribution >= 0.6 is 47.0 Å². The second kappa shape index (κ2) is 31.6. The molecule has 2 amide bonds. The van der Waals surface area contributed by atoms with Crippen LogP contribution in [0.1, 0.15) is 38.8 Å². The van der Waals surface area contributed by atoms with Crippen molar-refractivity contribution in [2.75, 3.05) is 28.4 Å². The number of rotatable bonds is 18. The first-order valence-corrected chi connectivity index (χ1v) is 32.2. The van der Waals surface area contributed by atoms with Gasteiger partial charge in [0.2, 0.25) is 11.8 Å². The number of nitrogens with zero attached hydrogens (tertiary/aromatic N) is 14. The van der Waals surface area contributed by atoms with E-state index in [1.54, 1.807) is 124 Å². The third kappa shape index (κ3) is 16.4. The molecule has 0 fully saturated rings. The summed E-state index contributed by atoms with van der Waals surface area (Å²) in [5, 5.41) is 35.2. The molecule has 36 heteroatoms. The molecule has 500 valence electrons. The highest BCUT2D eigenvalue weighted by molar-refractivity contribution is 8.01. The molecule has 0 saturated heterocycles. The lowest BCUT2D eigenvalue weighted by atomic mass is 10.2. The van der Waals surface area contributed by atoms with Crippen molar-refractivity contribution in [1.29, 1.82) is 10.5 Å². The number of H-pyrrole nitrogens is 4. The van der Waals surface area contributed by atoms with Crippen molar-refractivity contribution < 1.29 is 38.1 Å². The average molecular weight is 1400 g/mol. The maximum absolute atomic E-state index is 12.3. The molecule has 0 aliphatic heterocycles. The highest BCUT2D eigenvalue weighted by Gasteiger charge is 2.22. The molecule has 0 saturated carbocycles. The number of primary amides is 2. The minimum absolute atomic E-state index is 0.286. The van der Waals surface area contributed by atoms with Crippen LogP contribution in [-0.4, -0.2) is 152 Å². The number of methoxy groups -OCH3 is 4. The summed E-state index contributed by atoms with van der Waals surface area (Å²) >= 11 is 4.37. The van der Waals surface area contributed by atoms with Gasteiger partial charge < -0.3 is 50.4 Å². The number of esters is 2. The van der Waals surface area contributed by atoms with Crippen molar-refractivity contribution in [1.82, 2.24) is 79.0 Å². The summed E-state index contributed by atoms with van der Waals surface area (Å²) in [6, 6.07) is 32.0. The predicted octanol–water partition coefficient (Wildman–Crippen LogP) is 5.43. The number of benzene rings is 4. The molecule has 8 N–H and O–H groups in total. The number of nitriles is 2. The molecule has 8 aromatic heterocycles. The van der Waals surface area contributed by atoms with Crippen LogP contribution in [0.25, 0.3) is 66.9 Å². The Bertz CT molecular complexity index is 5270.